The topological polar surface area (TPSA) is 66.5 Å². The summed E-state index contributed by atoms with van der Waals surface area (Å²) >= 11 is 0. The van der Waals surface area contributed by atoms with Crippen LogP contribution in [0.25, 0.3) is 0 Å². The Bertz CT molecular complexity index is 390. The quantitative estimate of drug-likeness (QED) is 0.421. The fraction of sp³-hybridized carbons (Fsp3) is 0.714. The third kappa shape index (κ3) is 10.1. The first kappa shape index (κ1) is 21.1. The van der Waals surface area contributed by atoms with Crippen molar-refractivity contribution in [3.8, 4) is 0 Å². The molecule has 1 aromatic carbocycles. The minimum atomic E-state index is -0.778. The standard InChI is InChI=1S/C21H37NO2/c22-21(18-23,19-24)17-13-8-6-4-2-1-3-5-7-10-14-20-15-11-9-12-16-20/h9,11-12,15-16,23-24H,1-8,10,13-14,17-19,22H2. The number of hydrogen-bond donors (Lipinski definition) is 3. The summed E-state index contributed by atoms with van der Waals surface area (Å²) in [7, 11) is 0. The average molecular weight is 336 g/mol. The van der Waals surface area contributed by atoms with Gasteiger partial charge in [0.15, 0.2) is 0 Å². The molecule has 4 N–H and O–H groups in total. The molecule has 0 spiro atoms. The molecule has 0 unspecified atom stereocenters. The molecule has 0 radical (unpaired) electrons. The van der Waals surface area contributed by atoms with Crippen LogP contribution in [-0.2, 0) is 6.42 Å². The number of benzene rings is 1. The molecular formula is C21H37NO2. The van der Waals surface area contributed by atoms with Crippen molar-refractivity contribution >= 4 is 0 Å². The lowest BCUT2D eigenvalue weighted by Gasteiger charge is -2.24. The molecule has 0 aliphatic heterocycles. The number of unbranched alkanes of at least 4 members (excludes halogenated alkanes) is 9. The maximum Gasteiger partial charge on any atom is 0.0633 e. The van der Waals surface area contributed by atoms with Gasteiger partial charge >= 0.3 is 0 Å². The van der Waals surface area contributed by atoms with Crippen molar-refractivity contribution in [1.29, 1.82) is 0 Å². The van der Waals surface area contributed by atoms with Crippen LogP contribution < -0.4 is 5.73 Å². The highest BCUT2D eigenvalue weighted by atomic mass is 16.3. The Morgan fingerprint density at radius 2 is 1.12 bits per heavy atom. The Labute approximate surface area is 148 Å². The van der Waals surface area contributed by atoms with Gasteiger partial charge in [0.2, 0.25) is 0 Å². The fourth-order valence-electron chi connectivity index (χ4n) is 3.07. The van der Waals surface area contributed by atoms with Crippen molar-refractivity contribution < 1.29 is 10.2 Å². The van der Waals surface area contributed by atoms with Gasteiger partial charge in [-0.1, -0.05) is 88.1 Å². The van der Waals surface area contributed by atoms with Crippen LogP contribution in [0.2, 0.25) is 0 Å². The molecule has 3 nitrogen and oxygen atoms in total. The van der Waals surface area contributed by atoms with Gasteiger partial charge in [0.25, 0.3) is 0 Å². The van der Waals surface area contributed by atoms with Gasteiger partial charge in [0.05, 0.1) is 18.8 Å². The summed E-state index contributed by atoms with van der Waals surface area (Å²) in [5, 5.41) is 18.3. The molecule has 3 heteroatoms. The highest BCUT2D eigenvalue weighted by molar-refractivity contribution is 5.14. The van der Waals surface area contributed by atoms with Crippen LogP contribution in [-0.4, -0.2) is 29.0 Å². The molecular weight excluding hydrogens is 298 g/mol. The van der Waals surface area contributed by atoms with Crippen molar-refractivity contribution in [2.45, 2.75) is 82.6 Å². The van der Waals surface area contributed by atoms with Crippen LogP contribution in [0.5, 0.6) is 0 Å². The summed E-state index contributed by atoms with van der Waals surface area (Å²) in [4.78, 5) is 0. The minimum absolute atomic E-state index is 0.131. The normalized spacial score (nSPS) is 11.8. The average Bonchev–Trinajstić information content (AvgIpc) is 2.63. The van der Waals surface area contributed by atoms with Crippen LogP contribution in [0, 0.1) is 0 Å². The number of aliphatic hydroxyl groups is 2. The molecule has 1 aromatic rings. The van der Waals surface area contributed by atoms with Crippen LogP contribution in [0.3, 0.4) is 0 Å². The lowest BCUT2D eigenvalue weighted by molar-refractivity contribution is 0.112. The number of hydrogen-bond acceptors (Lipinski definition) is 3. The number of nitrogens with two attached hydrogens (primary N) is 1. The molecule has 0 fully saturated rings. The zero-order chi connectivity index (χ0) is 17.5. The highest BCUT2D eigenvalue weighted by Crippen LogP contribution is 2.15. The van der Waals surface area contributed by atoms with Crippen LogP contribution in [0.1, 0.15) is 76.2 Å². The molecule has 1 rings (SSSR count). The lowest BCUT2D eigenvalue weighted by Crippen LogP contribution is -2.47. The van der Waals surface area contributed by atoms with Crippen molar-refractivity contribution in [3.05, 3.63) is 35.9 Å². The molecule has 0 aliphatic rings. The molecule has 0 saturated heterocycles. The van der Waals surface area contributed by atoms with E-state index in [0.29, 0.717) is 6.42 Å². The summed E-state index contributed by atoms with van der Waals surface area (Å²) in [6.45, 7) is -0.262. The second kappa shape index (κ2) is 13.4. The second-order valence-corrected chi connectivity index (χ2v) is 7.20. The van der Waals surface area contributed by atoms with Gasteiger partial charge in [-0.2, -0.15) is 0 Å². The molecule has 0 aliphatic carbocycles. The second-order valence-electron chi connectivity index (χ2n) is 7.20. The number of rotatable bonds is 15. The summed E-state index contributed by atoms with van der Waals surface area (Å²) in [5.41, 5.74) is 6.54. The molecule has 0 bridgehead atoms. The fourth-order valence-corrected chi connectivity index (χ4v) is 3.07. The summed E-state index contributed by atoms with van der Waals surface area (Å²) in [6, 6.07) is 10.8. The SMILES string of the molecule is NC(CO)(CO)CCCCCCCCCCCCc1ccccc1. The highest BCUT2D eigenvalue weighted by Gasteiger charge is 2.21. The first-order valence-corrected chi connectivity index (χ1v) is 9.75. The summed E-state index contributed by atoms with van der Waals surface area (Å²) in [6.07, 6.45) is 14.6. The molecule has 0 saturated carbocycles. The van der Waals surface area contributed by atoms with E-state index in [2.05, 4.69) is 30.3 Å². The van der Waals surface area contributed by atoms with E-state index in [0.717, 1.165) is 12.8 Å². The molecule has 138 valence electrons. The molecule has 0 atom stereocenters. The summed E-state index contributed by atoms with van der Waals surface area (Å²) in [5.74, 6) is 0. The Morgan fingerprint density at radius 3 is 1.62 bits per heavy atom. The van der Waals surface area contributed by atoms with Crippen molar-refractivity contribution in [3.63, 3.8) is 0 Å². The van der Waals surface area contributed by atoms with Gasteiger partial charge in [-0.05, 0) is 24.8 Å². The van der Waals surface area contributed by atoms with E-state index < -0.39 is 5.54 Å². The maximum atomic E-state index is 9.13. The van der Waals surface area contributed by atoms with E-state index in [1.165, 1.54) is 63.4 Å². The predicted molar refractivity (Wildman–Crippen MR) is 102 cm³/mol. The summed E-state index contributed by atoms with van der Waals surface area (Å²) < 4.78 is 0. The Kier molecular flexibility index (Phi) is 11.8. The Balaban J connectivity index is 1.82. The van der Waals surface area contributed by atoms with E-state index in [9.17, 15) is 0 Å². The van der Waals surface area contributed by atoms with Gasteiger partial charge in [0, 0.05) is 0 Å². The van der Waals surface area contributed by atoms with Crippen LogP contribution in [0.15, 0.2) is 30.3 Å². The van der Waals surface area contributed by atoms with Crippen LogP contribution >= 0.6 is 0 Å². The van der Waals surface area contributed by atoms with Gasteiger partial charge < -0.3 is 15.9 Å². The largest absolute Gasteiger partial charge is 0.394 e. The molecule has 0 heterocycles. The number of aliphatic hydroxyl groups excluding tert-OH is 2. The van der Waals surface area contributed by atoms with E-state index >= 15 is 0 Å². The first-order chi connectivity index (χ1) is 11.7. The smallest absolute Gasteiger partial charge is 0.0633 e. The van der Waals surface area contributed by atoms with Crippen molar-refractivity contribution in [2.75, 3.05) is 13.2 Å². The first-order valence-electron chi connectivity index (χ1n) is 9.75. The minimum Gasteiger partial charge on any atom is -0.394 e. The van der Waals surface area contributed by atoms with E-state index in [1.807, 2.05) is 0 Å². The zero-order valence-electron chi connectivity index (χ0n) is 15.3. The van der Waals surface area contributed by atoms with E-state index in [1.54, 1.807) is 0 Å². The Morgan fingerprint density at radius 1 is 0.667 bits per heavy atom. The Hall–Kier alpha value is -0.900. The van der Waals surface area contributed by atoms with Crippen LogP contribution in [0.4, 0.5) is 0 Å². The predicted octanol–water partition coefficient (Wildman–Crippen LogP) is 4.20. The van der Waals surface area contributed by atoms with Gasteiger partial charge in [-0.15, -0.1) is 0 Å². The van der Waals surface area contributed by atoms with Gasteiger partial charge in [-0.25, -0.2) is 0 Å². The molecule has 24 heavy (non-hydrogen) atoms. The monoisotopic (exact) mass is 335 g/mol. The zero-order valence-corrected chi connectivity index (χ0v) is 15.3. The van der Waals surface area contributed by atoms with Crippen molar-refractivity contribution in [1.82, 2.24) is 0 Å². The third-order valence-corrected chi connectivity index (χ3v) is 4.86. The number of aryl methyl sites for hydroxylation is 1. The lowest BCUT2D eigenvalue weighted by atomic mass is 9.94. The van der Waals surface area contributed by atoms with E-state index in [4.69, 9.17) is 15.9 Å². The van der Waals surface area contributed by atoms with Crippen molar-refractivity contribution in [2.24, 2.45) is 5.73 Å². The molecule has 0 amide bonds. The van der Waals surface area contributed by atoms with E-state index in [-0.39, 0.29) is 13.2 Å². The maximum absolute atomic E-state index is 9.13. The van der Waals surface area contributed by atoms with Gasteiger partial charge in [-0.3, -0.25) is 0 Å². The third-order valence-electron chi connectivity index (χ3n) is 4.86. The van der Waals surface area contributed by atoms with Gasteiger partial charge in [0.1, 0.15) is 0 Å². The molecule has 0 aromatic heterocycles.